The van der Waals surface area contributed by atoms with Gasteiger partial charge in [0.1, 0.15) is 24.2 Å². The highest BCUT2D eigenvalue weighted by molar-refractivity contribution is 6.00. The van der Waals surface area contributed by atoms with Crippen LogP contribution in [-0.4, -0.2) is 78.4 Å². The van der Waals surface area contributed by atoms with Crippen LogP contribution in [0, 0.1) is 5.92 Å². The molecular formula is C24H37N5O3. The normalized spacial score (nSPS) is 28.2. The fraction of sp³-hybridized carbons (Fsp3) is 0.667. The van der Waals surface area contributed by atoms with Crippen LogP contribution < -0.4 is 15.0 Å². The lowest BCUT2D eigenvalue weighted by Gasteiger charge is -2.46. The molecular weight excluding hydrogens is 406 g/mol. The highest BCUT2D eigenvalue weighted by Gasteiger charge is 2.56. The molecule has 3 amide bonds. The van der Waals surface area contributed by atoms with E-state index in [0.29, 0.717) is 19.1 Å². The molecule has 8 heteroatoms. The lowest BCUT2D eigenvalue weighted by molar-refractivity contribution is -0.138. The first-order chi connectivity index (χ1) is 15.5. The molecule has 3 aliphatic rings. The Morgan fingerprint density at radius 2 is 1.81 bits per heavy atom. The maximum Gasteiger partial charge on any atom is 0.327 e. The van der Waals surface area contributed by atoms with Gasteiger partial charge in [-0.25, -0.2) is 4.79 Å². The molecule has 0 spiro atoms. The number of carbonyl (C=O) groups is 2. The van der Waals surface area contributed by atoms with Crippen molar-refractivity contribution in [3.05, 3.63) is 24.3 Å². The standard InChI is InChI=1S/C24H37N5O3/c1-5-7-8-9-14-27-22(30)20-21(26(4)24(27)31)25-23-28(15-17(3)16-29(20)23)18-10-12-19(13-11-18)32-6-2/h10-13,17,20-21,23,25H,5-9,14-16H2,1-4H3. The molecule has 3 fully saturated rings. The lowest BCUT2D eigenvalue weighted by atomic mass is 10.0. The number of likely N-dealkylation sites (N-methyl/N-ethyl adjacent to an activating group) is 1. The van der Waals surface area contributed by atoms with Crippen molar-refractivity contribution in [2.45, 2.75) is 65.0 Å². The minimum Gasteiger partial charge on any atom is -0.494 e. The number of unbranched alkanes of at least 4 members (excludes halogenated alkanes) is 3. The van der Waals surface area contributed by atoms with Crippen molar-refractivity contribution in [2.75, 3.05) is 38.2 Å². The zero-order valence-electron chi connectivity index (χ0n) is 19.8. The van der Waals surface area contributed by atoms with Gasteiger partial charge in [-0.05, 0) is 43.5 Å². The van der Waals surface area contributed by atoms with Gasteiger partial charge in [-0.2, -0.15) is 0 Å². The zero-order chi connectivity index (χ0) is 22.8. The molecule has 0 saturated carbocycles. The summed E-state index contributed by atoms with van der Waals surface area (Å²) >= 11 is 0. The fourth-order valence-corrected chi connectivity index (χ4v) is 5.22. The van der Waals surface area contributed by atoms with Crippen molar-refractivity contribution >= 4 is 17.6 Å². The SMILES string of the molecule is CCCCCCN1C(=O)C2C(NC3N(c4ccc(OCC)cc4)CC(C)CN23)N(C)C1=O. The molecule has 1 N–H and O–H groups in total. The number of amides is 3. The molecule has 3 heterocycles. The van der Waals surface area contributed by atoms with Gasteiger partial charge in [0, 0.05) is 32.4 Å². The molecule has 1 aromatic rings. The van der Waals surface area contributed by atoms with Gasteiger partial charge in [-0.1, -0.05) is 33.1 Å². The van der Waals surface area contributed by atoms with Crippen LogP contribution in [0.15, 0.2) is 24.3 Å². The Kier molecular flexibility index (Phi) is 6.90. The average Bonchev–Trinajstić information content (AvgIpc) is 3.17. The van der Waals surface area contributed by atoms with Gasteiger partial charge in [0.15, 0.2) is 0 Å². The summed E-state index contributed by atoms with van der Waals surface area (Å²) in [6.07, 6.45) is 3.72. The molecule has 4 rings (SSSR count). The van der Waals surface area contributed by atoms with Crippen molar-refractivity contribution in [1.29, 1.82) is 0 Å². The third-order valence-electron chi connectivity index (χ3n) is 6.80. The molecule has 8 nitrogen and oxygen atoms in total. The highest BCUT2D eigenvalue weighted by Crippen LogP contribution is 2.35. The van der Waals surface area contributed by atoms with Crippen LogP contribution in [-0.2, 0) is 4.79 Å². The predicted molar refractivity (Wildman–Crippen MR) is 124 cm³/mol. The average molecular weight is 444 g/mol. The van der Waals surface area contributed by atoms with Crippen LogP contribution in [0.2, 0.25) is 0 Å². The summed E-state index contributed by atoms with van der Waals surface area (Å²) in [6.45, 7) is 9.20. The lowest BCUT2D eigenvalue weighted by Crippen LogP contribution is -2.66. The first kappa shape index (κ1) is 22.9. The number of nitrogens with one attached hydrogen (secondary N) is 1. The molecule has 4 atom stereocenters. The maximum absolute atomic E-state index is 13.5. The second-order valence-electron chi connectivity index (χ2n) is 9.26. The topological polar surface area (TPSA) is 68.4 Å². The van der Waals surface area contributed by atoms with Crippen LogP contribution in [0.5, 0.6) is 5.75 Å². The summed E-state index contributed by atoms with van der Waals surface area (Å²) in [6, 6.07) is 7.57. The van der Waals surface area contributed by atoms with Crippen LogP contribution in [0.1, 0.15) is 46.5 Å². The third kappa shape index (κ3) is 4.18. The number of urea groups is 1. The van der Waals surface area contributed by atoms with E-state index in [1.165, 1.54) is 4.90 Å². The molecule has 0 aliphatic carbocycles. The summed E-state index contributed by atoms with van der Waals surface area (Å²) in [7, 11) is 1.81. The third-order valence-corrected chi connectivity index (χ3v) is 6.80. The Bertz CT molecular complexity index is 816. The smallest absolute Gasteiger partial charge is 0.327 e. The molecule has 3 saturated heterocycles. The van der Waals surface area contributed by atoms with E-state index in [-0.39, 0.29) is 30.4 Å². The van der Waals surface area contributed by atoms with E-state index in [4.69, 9.17) is 4.74 Å². The summed E-state index contributed by atoms with van der Waals surface area (Å²) < 4.78 is 5.59. The number of benzene rings is 1. The molecule has 3 aliphatic heterocycles. The van der Waals surface area contributed by atoms with Gasteiger partial charge in [0.25, 0.3) is 5.91 Å². The largest absolute Gasteiger partial charge is 0.494 e. The second-order valence-corrected chi connectivity index (χ2v) is 9.26. The number of ether oxygens (including phenoxy) is 1. The van der Waals surface area contributed by atoms with E-state index in [2.05, 4.69) is 41.1 Å². The number of carbonyl (C=O) groups excluding carboxylic acids is 2. The van der Waals surface area contributed by atoms with Crippen molar-refractivity contribution in [3.63, 3.8) is 0 Å². The van der Waals surface area contributed by atoms with E-state index in [0.717, 1.165) is 50.2 Å². The Morgan fingerprint density at radius 3 is 2.50 bits per heavy atom. The summed E-state index contributed by atoms with van der Waals surface area (Å²) in [5.41, 5.74) is 1.08. The first-order valence-corrected chi connectivity index (χ1v) is 12.1. The van der Waals surface area contributed by atoms with Crippen LogP contribution >= 0.6 is 0 Å². The number of nitrogens with zero attached hydrogens (tertiary/aromatic N) is 4. The van der Waals surface area contributed by atoms with Crippen molar-refractivity contribution in [1.82, 2.24) is 20.0 Å². The molecule has 0 aromatic heterocycles. The fourth-order valence-electron chi connectivity index (χ4n) is 5.22. The predicted octanol–water partition coefficient (Wildman–Crippen LogP) is 2.90. The number of hydrogen-bond donors (Lipinski definition) is 1. The van der Waals surface area contributed by atoms with E-state index < -0.39 is 0 Å². The van der Waals surface area contributed by atoms with Crippen LogP contribution in [0.25, 0.3) is 0 Å². The van der Waals surface area contributed by atoms with Gasteiger partial charge < -0.3 is 14.5 Å². The molecule has 0 radical (unpaired) electrons. The monoisotopic (exact) mass is 443 g/mol. The van der Waals surface area contributed by atoms with Gasteiger partial charge in [0.2, 0.25) is 0 Å². The van der Waals surface area contributed by atoms with E-state index in [1.807, 2.05) is 26.1 Å². The first-order valence-electron chi connectivity index (χ1n) is 12.1. The molecule has 176 valence electrons. The van der Waals surface area contributed by atoms with Crippen LogP contribution in [0.4, 0.5) is 10.5 Å². The Hall–Kier alpha value is -2.32. The van der Waals surface area contributed by atoms with Crippen molar-refractivity contribution in [2.24, 2.45) is 5.92 Å². The number of anilines is 1. The zero-order valence-corrected chi connectivity index (χ0v) is 19.8. The highest BCUT2D eigenvalue weighted by atomic mass is 16.5. The Morgan fingerprint density at radius 1 is 1.06 bits per heavy atom. The minimum absolute atomic E-state index is 0.0645. The summed E-state index contributed by atoms with van der Waals surface area (Å²) in [5, 5.41) is 3.59. The minimum atomic E-state index is -0.359. The molecule has 1 aromatic carbocycles. The molecule has 4 unspecified atom stereocenters. The van der Waals surface area contributed by atoms with E-state index in [1.54, 1.807) is 4.90 Å². The van der Waals surface area contributed by atoms with Crippen LogP contribution in [0.3, 0.4) is 0 Å². The maximum atomic E-state index is 13.5. The molecule has 0 bridgehead atoms. The van der Waals surface area contributed by atoms with Gasteiger partial charge in [-0.15, -0.1) is 0 Å². The van der Waals surface area contributed by atoms with E-state index >= 15 is 0 Å². The summed E-state index contributed by atoms with van der Waals surface area (Å²) in [4.78, 5) is 34.3. The van der Waals surface area contributed by atoms with Crippen molar-refractivity contribution < 1.29 is 14.3 Å². The number of rotatable bonds is 8. The van der Waals surface area contributed by atoms with E-state index in [9.17, 15) is 9.59 Å². The Balaban J connectivity index is 1.55. The Labute approximate surface area is 191 Å². The number of hydrogen-bond acceptors (Lipinski definition) is 6. The second kappa shape index (κ2) is 9.67. The quantitative estimate of drug-likeness (QED) is 0.623. The van der Waals surface area contributed by atoms with Gasteiger partial charge >= 0.3 is 6.03 Å². The number of fused-ring (bicyclic) bond motifs is 3. The molecule has 32 heavy (non-hydrogen) atoms. The van der Waals surface area contributed by atoms with Crippen molar-refractivity contribution in [3.8, 4) is 5.75 Å². The summed E-state index contributed by atoms with van der Waals surface area (Å²) in [5.74, 6) is 1.18. The van der Waals surface area contributed by atoms with Gasteiger partial charge in [-0.3, -0.25) is 19.9 Å². The van der Waals surface area contributed by atoms with Gasteiger partial charge in [0.05, 0.1) is 6.61 Å². The number of imide groups is 1.